The Morgan fingerprint density at radius 2 is 1.09 bits per heavy atom. The Hall–Kier alpha value is -3.89. The van der Waals surface area contributed by atoms with Crippen molar-refractivity contribution in [3.8, 4) is 5.75 Å². The van der Waals surface area contributed by atoms with Gasteiger partial charge in [-0.3, -0.25) is 10.1 Å². The van der Waals surface area contributed by atoms with Crippen LogP contribution in [0.2, 0.25) is 0 Å². The molecule has 0 saturated carbocycles. The van der Waals surface area contributed by atoms with E-state index in [1.165, 1.54) is 0 Å². The molecule has 0 fully saturated rings. The van der Waals surface area contributed by atoms with Crippen molar-refractivity contribution in [1.82, 2.24) is 5.32 Å². The van der Waals surface area contributed by atoms with Crippen LogP contribution in [-0.4, -0.2) is 22.2 Å². The molecule has 1 atom stereocenters. The minimum atomic E-state index is -0.940. The largest absolute Gasteiger partial charge is 0.508 e. The van der Waals surface area contributed by atoms with E-state index in [1.54, 1.807) is 24.3 Å². The van der Waals surface area contributed by atoms with Gasteiger partial charge in [0.2, 0.25) is 0 Å². The van der Waals surface area contributed by atoms with E-state index in [0.717, 1.165) is 22.3 Å². The second kappa shape index (κ2) is 9.50. The molecule has 160 valence electrons. The fourth-order valence-corrected chi connectivity index (χ4v) is 4.14. The number of carboxylic acid groups (broad SMARTS) is 1. The predicted octanol–water partition coefficient (Wildman–Crippen LogP) is 4.97. The maximum atomic E-state index is 12.4. The van der Waals surface area contributed by atoms with Crippen molar-refractivity contribution < 1.29 is 15.0 Å². The molecule has 32 heavy (non-hydrogen) atoms. The molecule has 4 nitrogen and oxygen atoms in total. The lowest BCUT2D eigenvalue weighted by Crippen LogP contribution is -2.53. The Balaban J connectivity index is 1.88. The van der Waals surface area contributed by atoms with Gasteiger partial charge >= 0.3 is 5.97 Å². The highest BCUT2D eigenvalue weighted by Crippen LogP contribution is 2.37. The minimum absolute atomic E-state index is 0.154. The van der Waals surface area contributed by atoms with Crippen molar-refractivity contribution in [2.75, 3.05) is 0 Å². The van der Waals surface area contributed by atoms with Gasteiger partial charge in [-0.1, -0.05) is 103 Å². The van der Waals surface area contributed by atoms with Gasteiger partial charge in [0.15, 0.2) is 0 Å². The number of benzene rings is 4. The van der Waals surface area contributed by atoms with Gasteiger partial charge in [-0.15, -0.1) is 0 Å². The first kappa shape index (κ1) is 21.3. The smallest absolute Gasteiger partial charge is 0.321 e. The van der Waals surface area contributed by atoms with E-state index in [1.807, 2.05) is 91.0 Å². The zero-order valence-corrected chi connectivity index (χ0v) is 17.6. The second-order valence-corrected chi connectivity index (χ2v) is 7.75. The van der Waals surface area contributed by atoms with Crippen molar-refractivity contribution in [2.45, 2.75) is 18.0 Å². The average Bonchev–Trinajstić information content (AvgIpc) is 2.84. The van der Waals surface area contributed by atoms with Crippen LogP contribution in [0, 0.1) is 0 Å². The van der Waals surface area contributed by atoms with Gasteiger partial charge in [-0.05, 0) is 40.8 Å². The Labute approximate surface area is 187 Å². The zero-order chi connectivity index (χ0) is 22.4. The van der Waals surface area contributed by atoms with Gasteiger partial charge in [0.1, 0.15) is 11.8 Å². The van der Waals surface area contributed by atoms with Gasteiger partial charge in [-0.25, -0.2) is 0 Å². The molecule has 4 heteroatoms. The number of hydrogen-bond acceptors (Lipinski definition) is 3. The van der Waals surface area contributed by atoms with E-state index in [9.17, 15) is 15.0 Å². The van der Waals surface area contributed by atoms with Crippen LogP contribution in [0.25, 0.3) is 0 Å². The number of aromatic hydroxyl groups is 1. The summed E-state index contributed by atoms with van der Waals surface area (Å²) in [6, 6.07) is 35.6. The Morgan fingerprint density at radius 3 is 1.47 bits per heavy atom. The molecule has 0 aliphatic heterocycles. The quantitative estimate of drug-likeness (QED) is 0.350. The molecule has 4 aromatic carbocycles. The number of nitrogens with one attached hydrogen (secondary N) is 1. The normalized spacial score (nSPS) is 12.2. The molecule has 0 saturated heterocycles. The molecule has 0 radical (unpaired) electrons. The minimum Gasteiger partial charge on any atom is -0.508 e. The van der Waals surface area contributed by atoms with Gasteiger partial charge in [-0.2, -0.15) is 0 Å². The first-order valence-corrected chi connectivity index (χ1v) is 10.5. The lowest BCUT2D eigenvalue weighted by Gasteiger charge is -2.39. The molecule has 4 aromatic rings. The second-order valence-electron chi connectivity index (χ2n) is 7.75. The molecular weight excluding hydrogens is 398 g/mol. The topological polar surface area (TPSA) is 69.6 Å². The van der Waals surface area contributed by atoms with Gasteiger partial charge in [0.25, 0.3) is 0 Å². The third-order valence-electron chi connectivity index (χ3n) is 5.69. The fourth-order valence-electron chi connectivity index (χ4n) is 4.14. The van der Waals surface area contributed by atoms with Crippen molar-refractivity contribution in [3.63, 3.8) is 0 Å². The van der Waals surface area contributed by atoms with E-state index in [2.05, 4.69) is 5.32 Å². The van der Waals surface area contributed by atoms with E-state index < -0.39 is 17.6 Å². The van der Waals surface area contributed by atoms with Crippen LogP contribution in [-0.2, 0) is 16.8 Å². The standard InChI is InChI=1S/C28H25NO3/c30-25-18-16-21(17-19-25)20-26(27(31)32)29-28(22-10-4-1-5-11-22,23-12-6-2-7-13-23)24-14-8-3-9-15-24/h1-19,26,29-30H,20H2,(H,31,32)/t26-/m1/s1. The van der Waals surface area contributed by atoms with Crippen molar-refractivity contribution >= 4 is 5.97 Å². The maximum absolute atomic E-state index is 12.4. The highest BCUT2D eigenvalue weighted by Gasteiger charge is 2.39. The average molecular weight is 424 g/mol. The number of hydrogen-bond donors (Lipinski definition) is 3. The number of rotatable bonds is 8. The van der Waals surface area contributed by atoms with E-state index in [0.29, 0.717) is 0 Å². The molecule has 0 spiro atoms. The first-order valence-electron chi connectivity index (χ1n) is 10.5. The molecule has 0 bridgehead atoms. The lowest BCUT2D eigenvalue weighted by atomic mass is 9.76. The van der Waals surface area contributed by atoms with Crippen molar-refractivity contribution in [3.05, 3.63) is 138 Å². The van der Waals surface area contributed by atoms with E-state index in [-0.39, 0.29) is 12.2 Å². The Morgan fingerprint density at radius 1 is 0.688 bits per heavy atom. The van der Waals surface area contributed by atoms with Gasteiger partial charge < -0.3 is 10.2 Å². The number of phenols is 1. The molecule has 0 aliphatic rings. The molecule has 0 aromatic heterocycles. The summed E-state index contributed by atoms with van der Waals surface area (Å²) in [6.45, 7) is 0. The van der Waals surface area contributed by atoms with Crippen molar-refractivity contribution in [2.24, 2.45) is 0 Å². The summed E-state index contributed by atoms with van der Waals surface area (Å²) in [4.78, 5) is 12.4. The summed E-state index contributed by atoms with van der Waals surface area (Å²) in [6.07, 6.45) is 0.268. The number of carboxylic acids is 1. The molecule has 3 N–H and O–H groups in total. The summed E-state index contributed by atoms with van der Waals surface area (Å²) in [7, 11) is 0. The lowest BCUT2D eigenvalue weighted by molar-refractivity contribution is -0.139. The van der Waals surface area contributed by atoms with Crippen LogP contribution in [0.3, 0.4) is 0 Å². The maximum Gasteiger partial charge on any atom is 0.321 e. The highest BCUT2D eigenvalue weighted by atomic mass is 16.4. The van der Waals surface area contributed by atoms with Crippen LogP contribution < -0.4 is 5.32 Å². The molecular formula is C28H25NO3. The molecule has 0 heterocycles. The zero-order valence-electron chi connectivity index (χ0n) is 17.6. The fraction of sp³-hybridized carbons (Fsp3) is 0.107. The monoisotopic (exact) mass is 423 g/mol. The summed E-state index contributed by atoms with van der Waals surface area (Å²) in [5, 5.41) is 23.3. The van der Waals surface area contributed by atoms with Crippen LogP contribution in [0.1, 0.15) is 22.3 Å². The summed E-state index contributed by atoms with van der Waals surface area (Å²) >= 11 is 0. The third kappa shape index (κ3) is 4.41. The molecule has 0 unspecified atom stereocenters. The van der Waals surface area contributed by atoms with Gasteiger partial charge in [0.05, 0.1) is 5.54 Å². The van der Waals surface area contributed by atoms with E-state index >= 15 is 0 Å². The summed E-state index contributed by atoms with van der Waals surface area (Å²) < 4.78 is 0. The Kier molecular flexibility index (Phi) is 6.34. The molecule has 0 amide bonds. The number of phenolic OH excluding ortho intramolecular Hbond substituents is 1. The number of aliphatic carboxylic acids is 1. The predicted molar refractivity (Wildman–Crippen MR) is 126 cm³/mol. The van der Waals surface area contributed by atoms with Crippen molar-refractivity contribution in [1.29, 1.82) is 0 Å². The third-order valence-corrected chi connectivity index (χ3v) is 5.69. The Bertz CT molecular complexity index is 1050. The van der Waals surface area contributed by atoms with Crippen LogP contribution in [0.4, 0.5) is 0 Å². The highest BCUT2D eigenvalue weighted by molar-refractivity contribution is 5.74. The molecule has 4 rings (SSSR count). The summed E-state index contributed by atoms with van der Waals surface area (Å²) in [5.41, 5.74) is 2.81. The van der Waals surface area contributed by atoms with E-state index in [4.69, 9.17) is 0 Å². The summed E-state index contributed by atoms with van der Waals surface area (Å²) in [5.74, 6) is -0.786. The van der Waals surface area contributed by atoms with Crippen LogP contribution in [0.15, 0.2) is 115 Å². The van der Waals surface area contributed by atoms with Crippen LogP contribution >= 0.6 is 0 Å². The SMILES string of the molecule is O=C(O)[C@@H](Cc1ccc(O)cc1)NC(c1ccccc1)(c1ccccc1)c1ccccc1. The van der Waals surface area contributed by atoms with Gasteiger partial charge in [0, 0.05) is 0 Å². The number of carbonyl (C=O) groups is 1. The molecule has 0 aliphatic carbocycles. The first-order chi connectivity index (χ1) is 15.6. The van der Waals surface area contributed by atoms with Crippen LogP contribution in [0.5, 0.6) is 5.75 Å².